The summed E-state index contributed by atoms with van der Waals surface area (Å²) in [7, 11) is 0. The summed E-state index contributed by atoms with van der Waals surface area (Å²) in [6.07, 6.45) is 1.52. The number of benzene rings is 1. The summed E-state index contributed by atoms with van der Waals surface area (Å²) in [5, 5.41) is 3.38. The maximum absolute atomic E-state index is 12.1. The van der Waals surface area contributed by atoms with Crippen molar-refractivity contribution < 1.29 is 9.59 Å². The number of rotatable bonds is 4. The predicted octanol–water partition coefficient (Wildman–Crippen LogP) is 2.84. The standard InChI is InChI=1S/C14H16BrClN2O2/c1-9(8-18-6-2-3-13(18)19)17-14(20)10-4-5-11(15)12(16)7-10/h4-5,7,9H,2-3,6,8H2,1H3,(H,17,20). The van der Waals surface area contributed by atoms with Crippen molar-refractivity contribution in [3.8, 4) is 0 Å². The van der Waals surface area contributed by atoms with Crippen molar-refractivity contribution in [1.29, 1.82) is 0 Å². The molecule has 108 valence electrons. The molecule has 1 atom stereocenters. The first-order valence-corrected chi connectivity index (χ1v) is 7.68. The normalized spacial score (nSPS) is 16.4. The third kappa shape index (κ3) is 3.73. The first-order chi connectivity index (χ1) is 9.47. The van der Waals surface area contributed by atoms with Crippen LogP contribution in [-0.4, -0.2) is 35.8 Å². The molecule has 0 aromatic heterocycles. The lowest BCUT2D eigenvalue weighted by Crippen LogP contribution is -2.42. The number of carbonyl (C=O) groups is 2. The van der Waals surface area contributed by atoms with E-state index in [1.807, 2.05) is 6.92 Å². The molecule has 1 aliphatic rings. The second-order valence-electron chi connectivity index (χ2n) is 4.95. The van der Waals surface area contributed by atoms with E-state index in [-0.39, 0.29) is 17.9 Å². The van der Waals surface area contributed by atoms with Gasteiger partial charge in [-0.1, -0.05) is 11.6 Å². The first kappa shape index (κ1) is 15.3. The van der Waals surface area contributed by atoms with Gasteiger partial charge < -0.3 is 10.2 Å². The maximum Gasteiger partial charge on any atom is 0.251 e. The van der Waals surface area contributed by atoms with E-state index in [1.165, 1.54) is 0 Å². The topological polar surface area (TPSA) is 49.4 Å². The van der Waals surface area contributed by atoms with E-state index >= 15 is 0 Å². The highest BCUT2D eigenvalue weighted by atomic mass is 79.9. The molecule has 4 nitrogen and oxygen atoms in total. The fraction of sp³-hybridized carbons (Fsp3) is 0.429. The molecular formula is C14H16BrClN2O2. The van der Waals surface area contributed by atoms with Crippen molar-refractivity contribution in [3.05, 3.63) is 33.3 Å². The Morgan fingerprint density at radius 2 is 2.30 bits per heavy atom. The van der Waals surface area contributed by atoms with E-state index in [0.717, 1.165) is 17.4 Å². The van der Waals surface area contributed by atoms with Crippen molar-refractivity contribution in [2.24, 2.45) is 0 Å². The monoisotopic (exact) mass is 358 g/mol. The molecule has 1 N–H and O–H groups in total. The van der Waals surface area contributed by atoms with Gasteiger partial charge in [-0.25, -0.2) is 0 Å². The van der Waals surface area contributed by atoms with Gasteiger partial charge in [-0.2, -0.15) is 0 Å². The van der Waals surface area contributed by atoms with E-state index < -0.39 is 0 Å². The molecule has 2 rings (SSSR count). The van der Waals surface area contributed by atoms with E-state index in [9.17, 15) is 9.59 Å². The Morgan fingerprint density at radius 1 is 1.55 bits per heavy atom. The number of hydrogen-bond acceptors (Lipinski definition) is 2. The van der Waals surface area contributed by atoms with Crippen LogP contribution in [0.4, 0.5) is 0 Å². The quantitative estimate of drug-likeness (QED) is 0.898. The molecule has 2 amide bonds. The van der Waals surface area contributed by atoms with Crippen molar-refractivity contribution in [2.45, 2.75) is 25.8 Å². The van der Waals surface area contributed by atoms with Gasteiger partial charge in [-0.05, 0) is 47.5 Å². The zero-order chi connectivity index (χ0) is 14.7. The van der Waals surface area contributed by atoms with Crippen LogP contribution in [0.5, 0.6) is 0 Å². The van der Waals surface area contributed by atoms with Crippen LogP contribution in [0.1, 0.15) is 30.1 Å². The molecule has 1 unspecified atom stereocenters. The molecule has 0 spiro atoms. The number of amides is 2. The first-order valence-electron chi connectivity index (χ1n) is 6.51. The van der Waals surface area contributed by atoms with E-state index in [2.05, 4.69) is 21.2 Å². The molecule has 0 bridgehead atoms. The summed E-state index contributed by atoms with van der Waals surface area (Å²) < 4.78 is 0.756. The Kier molecular flexibility index (Phi) is 5.05. The molecule has 1 saturated heterocycles. The maximum atomic E-state index is 12.1. The van der Waals surface area contributed by atoms with Gasteiger partial charge in [0.15, 0.2) is 0 Å². The highest BCUT2D eigenvalue weighted by Gasteiger charge is 2.22. The van der Waals surface area contributed by atoms with E-state index in [4.69, 9.17) is 11.6 Å². The Hall–Kier alpha value is -1.07. The molecule has 1 aliphatic heterocycles. The molecule has 6 heteroatoms. The van der Waals surface area contributed by atoms with Crippen LogP contribution in [0.25, 0.3) is 0 Å². The molecule has 1 fully saturated rings. The molecule has 1 aromatic rings. The number of carbonyl (C=O) groups excluding carboxylic acids is 2. The van der Waals surface area contributed by atoms with Gasteiger partial charge >= 0.3 is 0 Å². The average molecular weight is 360 g/mol. The predicted molar refractivity (Wildman–Crippen MR) is 81.9 cm³/mol. The lowest BCUT2D eigenvalue weighted by molar-refractivity contribution is -0.127. The van der Waals surface area contributed by atoms with Gasteiger partial charge in [0.1, 0.15) is 0 Å². The Morgan fingerprint density at radius 3 is 2.90 bits per heavy atom. The minimum atomic E-state index is -0.182. The smallest absolute Gasteiger partial charge is 0.251 e. The highest BCUT2D eigenvalue weighted by molar-refractivity contribution is 9.10. The molecule has 0 aliphatic carbocycles. The summed E-state index contributed by atoms with van der Waals surface area (Å²) in [6.45, 7) is 3.22. The minimum Gasteiger partial charge on any atom is -0.348 e. The van der Waals surface area contributed by atoms with Gasteiger partial charge in [-0.3, -0.25) is 9.59 Å². The van der Waals surface area contributed by atoms with Gasteiger partial charge in [-0.15, -0.1) is 0 Å². The van der Waals surface area contributed by atoms with Crippen molar-refractivity contribution in [1.82, 2.24) is 10.2 Å². The lowest BCUT2D eigenvalue weighted by atomic mass is 10.2. The summed E-state index contributed by atoms with van der Waals surface area (Å²) in [6, 6.07) is 4.98. The average Bonchev–Trinajstić information content (AvgIpc) is 2.78. The van der Waals surface area contributed by atoms with Gasteiger partial charge in [0.25, 0.3) is 5.91 Å². The van der Waals surface area contributed by atoms with E-state index in [0.29, 0.717) is 23.6 Å². The number of nitrogens with one attached hydrogen (secondary N) is 1. The van der Waals surface area contributed by atoms with Gasteiger partial charge in [0.05, 0.1) is 5.02 Å². The largest absolute Gasteiger partial charge is 0.348 e. The zero-order valence-corrected chi connectivity index (χ0v) is 13.5. The summed E-state index contributed by atoms with van der Waals surface area (Å²) in [4.78, 5) is 25.4. The van der Waals surface area contributed by atoms with Gasteiger partial charge in [0, 0.05) is 35.6 Å². The fourth-order valence-electron chi connectivity index (χ4n) is 2.22. The number of nitrogens with zero attached hydrogens (tertiary/aromatic N) is 1. The fourth-order valence-corrected chi connectivity index (χ4v) is 2.64. The second kappa shape index (κ2) is 6.59. The van der Waals surface area contributed by atoms with Crippen molar-refractivity contribution in [3.63, 3.8) is 0 Å². The molecule has 0 radical (unpaired) electrons. The number of hydrogen-bond donors (Lipinski definition) is 1. The van der Waals surface area contributed by atoms with Crippen LogP contribution < -0.4 is 5.32 Å². The number of likely N-dealkylation sites (tertiary alicyclic amines) is 1. The third-order valence-electron chi connectivity index (χ3n) is 3.22. The van der Waals surface area contributed by atoms with E-state index in [1.54, 1.807) is 23.1 Å². The number of halogens is 2. The molecular weight excluding hydrogens is 344 g/mol. The molecule has 20 heavy (non-hydrogen) atoms. The molecule has 1 heterocycles. The van der Waals surface area contributed by atoms with Crippen LogP contribution in [0.3, 0.4) is 0 Å². The Bertz CT molecular complexity index is 536. The lowest BCUT2D eigenvalue weighted by Gasteiger charge is -2.21. The van der Waals surface area contributed by atoms with Crippen LogP contribution in [-0.2, 0) is 4.79 Å². The SMILES string of the molecule is CC(CN1CCCC1=O)NC(=O)c1ccc(Br)c(Cl)c1. The Labute approximate surface area is 131 Å². The molecule has 1 aromatic carbocycles. The third-order valence-corrected chi connectivity index (χ3v) is 4.46. The minimum absolute atomic E-state index is 0.0908. The summed E-state index contributed by atoms with van der Waals surface area (Å²) in [5.74, 6) is -0.0173. The second-order valence-corrected chi connectivity index (χ2v) is 6.21. The zero-order valence-electron chi connectivity index (χ0n) is 11.2. The van der Waals surface area contributed by atoms with Crippen LogP contribution in [0.15, 0.2) is 22.7 Å². The van der Waals surface area contributed by atoms with Gasteiger partial charge in [0.2, 0.25) is 5.91 Å². The highest BCUT2D eigenvalue weighted by Crippen LogP contribution is 2.23. The van der Waals surface area contributed by atoms with Crippen molar-refractivity contribution >= 4 is 39.3 Å². The van der Waals surface area contributed by atoms with Crippen LogP contribution >= 0.6 is 27.5 Å². The summed E-state index contributed by atoms with van der Waals surface area (Å²) in [5.41, 5.74) is 0.512. The molecule has 0 saturated carbocycles. The van der Waals surface area contributed by atoms with Crippen LogP contribution in [0.2, 0.25) is 5.02 Å². The Balaban J connectivity index is 1.93. The van der Waals surface area contributed by atoms with Crippen LogP contribution in [0, 0.1) is 0 Å². The summed E-state index contributed by atoms with van der Waals surface area (Å²) >= 11 is 9.26. The van der Waals surface area contributed by atoms with Crippen molar-refractivity contribution in [2.75, 3.05) is 13.1 Å².